The van der Waals surface area contributed by atoms with E-state index in [-0.39, 0.29) is 23.1 Å². The zero-order valence-electron chi connectivity index (χ0n) is 17.0. The van der Waals surface area contributed by atoms with Crippen molar-refractivity contribution >= 4 is 42.6 Å². The Hall–Kier alpha value is -2.53. The molecule has 0 radical (unpaired) electrons. The molecular formula is C21H23N3O5S2. The summed E-state index contributed by atoms with van der Waals surface area (Å²) >= 11 is 1.32. The maximum absolute atomic E-state index is 12.7. The molecule has 0 saturated carbocycles. The van der Waals surface area contributed by atoms with Crippen LogP contribution in [0.2, 0.25) is 0 Å². The molecule has 3 aromatic rings. The van der Waals surface area contributed by atoms with Gasteiger partial charge in [-0.1, -0.05) is 17.4 Å². The molecule has 1 aliphatic heterocycles. The van der Waals surface area contributed by atoms with E-state index in [4.69, 9.17) is 9.47 Å². The van der Waals surface area contributed by atoms with E-state index in [1.54, 1.807) is 12.1 Å². The summed E-state index contributed by atoms with van der Waals surface area (Å²) in [7, 11) is -3.74. The number of carbonyl (C=O) groups excluding carboxylic acids is 1. The number of hydrogen-bond donors (Lipinski definition) is 2. The van der Waals surface area contributed by atoms with Gasteiger partial charge in [-0.15, -0.1) is 0 Å². The monoisotopic (exact) mass is 461 g/mol. The van der Waals surface area contributed by atoms with Crippen LogP contribution in [-0.2, 0) is 14.8 Å². The lowest BCUT2D eigenvalue weighted by atomic mass is 10.2. The summed E-state index contributed by atoms with van der Waals surface area (Å²) in [5.41, 5.74) is 0.979. The number of rotatable bonds is 8. The van der Waals surface area contributed by atoms with E-state index < -0.39 is 15.9 Å². The second-order valence-corrected chi connectivity index (χ2v) is 9.85. The van der Waals surface area contributed by atoms with E-state index >= 15 is 0 Å². The van der Waals surface area contributed by atoms with Crippen LogP contribution >= 0.6 is 11.3 Å². The van der Waals surface area contributed by atoms with Crippen molar-refractivity contribution in [1.29, 1.82) is 0 Å². The maximum atomic E-state index is 12.7. The molecule has 4 rings (SSSR count). The van der Waals surface area contributed by atoms with Crippen molar-refractivity contribution in [1.82, 2.24) is 9.71 Å². The van der Waals surface area contributed by atoms with E-state index in [0.29, 0.717) is 18.3 Å². The second-order valence-electron chi connectivity index (χ2n) is 7.05. The Balaban J connectivity index is 1.47. The lowest BCUT2D eigenvalue weighted by Gasteiger charge is -2.12. The van der Waals surface area contributed by atoms with Gasteiger partial charge in [0, 0.05) is 18.7 Å². The highest BCUT2D eigenvalue weighted by atomic mass is 32.2. The molecule has 1 atom stereocenters. The summed E-state index contributed by atoms with van der Waals surface area (Å²) in [6.07, 6.45) is 1.66. The lowest BCUT2D eigenvalue weighted by molar-refractivity contribution is 0.102. The molecular weight excluding hydrogens is 438 g/mol. The first-order valence-corrected chi connectivity index (χ1v) is 12.3. The summed E-state index contributed by atoms with van der Waals surface area (Å²) < 4.78 is 39.6. The van der Waals surface area contributed by atoms with Crippen LogP contribution in [-0.4, -0.2) is 45.2 Å². The number of aromatic nitrogens is 1. The number of hydrogen-bond acceptors (Lipinski definition) is 7. The third-order valence-electron chi connectivity index (χ3n) is 4.82. The number of sulfonamides is 1. The van der Waals surface area contributed by atoms with Gasteiger partial charge >= 0.3 is 0 Å². The van der Waals surface area contributed by atoms with Crippen molar-refractivity contribution in [3.63, 3.8) is 0 Å². The third kappa shape index (κ3) is 5.21. The Morgan fingerprint density at radius 3 is 2.94 bits per heavy atom. The fraction of sp³-hybridized carbons (Fsp3) is 0.333. The van der Waals surface area contributed by atoms with E-state index in [9.17, 15) is 13.2 Å². The highest BCUT2D eigenvalue weighted by Gasteiger charge is 2.21. The average Bonchev–Trinajstić information content (AvgIpc) is 3.42. The normalized spacial score (nSPS) is 16.5. The van der Waals surface area contributed by atoms with Gasteiger partial charge in [-0.25, -0.2) is 18.1 Å². The van der Waals surface area contributed by atoms with E-state index in [0.717, 1.165) is 28.8 Å². The Morgan fingerprint density at radius 2 is 2.16 bits per heavy atom. The van der Waals surface area contributed by atoms with Gasteiger partial charge in [0.1, 0.15) is 5.75 Å². The molecule has 2 heterocycles. The number of thiazole rings is 1. The van der Waals surface area contributed by atoms with Gasteiger partial charge in [-0.05, 0) is 56.2 Å². The second kappa shape index (κ2) is 9.31. The van der Waals surface area contributed by atoms with Gasteiger partial charge < -0.3 is 9.47 Å². The van der Waals surface area contributed by atoms with E-state index in [2.05, 4.69) is 15.0 Å². The number of benzene rings is 2. The minimum absolute atomic E-state index is 0.0313. The number of nitrogens with zero attached hydrogens (tertiary/aromatic N) is 1. The van der Waals surface area contributed by atoms with Crippen LogP contribution in [0.3, 0.4) is 0 Å². The average molecular weight is 462 g/mol. The van der Waals surface area contributed by atoms with Crippen molar-refractivity contribution in [3.8, 4) is 5.75 Å². The van der Waals surface area contributed by atoms with Crippen LogP contribution in [0.4, 0.5) is 5.13 Å². The minimum atomic E-state index is -3.74. The fourth-order valence-corrected chi connectivity index (χ4v) is 5.28. The van der Waals surface area contributed by atoms with Crippen molar-refractivity contribution < 1.29 is 22.7 Å². The quantitative estimate of drug-likeness (QED) is 0.532. The molecule has 164 valence electrons. The number of ether oxygens (including phenoxy) is 2. The first-order chi connectivity index (χ1) is 14.9. The van der Waals surface area contributed by atoms with Crippen LogP contribution in [0, 0.1) is 0 Å². The molecule has 8 nitrogen and oxygen atoms in total. The minimum Gasteiger partial charge on any atom is -0.494 e. The first kappa shape index (κ1) is 21.7. The molecule has 0 unspecified atom stereocenters. The number of carbonyl (C=O) groups is 1. The van der Waals surface area contributed by atoms with Crippen LogP contribution in [0.25, 0.3) is 10.2 Å². The first-order valence-electron chi connectivity index (χ1n) is 10.0. The maximum Gasteiger partial charge on any atom is 0.257 e. The predicted octanol–water partition coefficient (Wildman–Crippen LogP) is 3.40. The van der Waals surface area contributed by atoms with Gasteiger partial charge in [0.05, 0.1) is 27.8 Å². The largest absolute Gasteiger partial charge is 0.494 e. The van der Waals surface area contributed by atoms with Crippen LogP contribution in [0.1, 0.15) is 30.1 Å². The van der Waals surface area contributed by atoms with E-state index in [1.165, 1.54) is 23.5 Å². The SMILES string of the molecule is CCOc1ccc2nc(NC(=O)c3cccc(S(=O)(=O)NC[C@@H]4CCCO4)c3)sc2c1. The van der Waals surface area contributed by atoms with Gasteiger partial charge in [-0.3, -0.25) is 10.1 Å². The summed E-state index contributed by atoms with van der Waals surface area (Å²) in [6, 6.07) is 11.5. The smallest absolute Gasteiger partial charge is 0.257 e. The Morgan fingerprint density at radius 1 is 1.29 bits per heavy atom. The topological polar surface area (TPSA) is 107 Å². The summed E-state index contributed by atoms with van der Waals surface area (Å²) in [6.45, 7) is 3.35. The molecule has 0 aliphatic carbocycles. The van der Waals surface area contributed by atoms with Crippen molar-refractivity contribution in [3.05, 3.63) is 48.0 Å². The molecule has 1 aromatic heterocycles. The van der Waals surface area contributed by atoms with Gasteiger partial charge in [0.15, 0.2) is 5.13 Å². The number of nitrogens with one attached hydrogen (secondary N) is 2. The Bertz CT molecular complexity index is 1190. The molecule has 2 N–H and O–H groups in total. The number of amides is 1. The Labute approximate surface area is 184 Å². The number of anilines is 1. The highest BCUT2D eigenvalue weighted by Crippen LogP contribution is 2.29. The van der Waals surface area contributed by atoms with Gasteiger partial charge in [-0.2, -0.15) is 0 Å². The number of fused-ring (bicyclic) bond motifs is 1. The zero-order chi connectivity index (χ0) is 21.8. The van der Waals surface area contributed by atoms with Gasteiger partial charge in [0.2, 0.25) is 10.0 Å². The van der Waals surface area contributed by atoms with Crippen LogP contribution in [0.15, 0.2) is 47.4 Å². The predicted molar refractivity (Wildman–Crippen MR) is 119 cm³/mol. The van der Waals surface area contributed by atoms with Crippen LogP contribution < -0.4 is 14.8 Å². The van der Waals surface area contributed by atoms with Gasteiger partial charge in [0.25, 0.3) is 5.91 Å². The standard InChI is InChI=1S/C21H23N3O5S2/c1-2-28-15-8-9-18-19(12-15)30-21(23-18)24-20(25)14-5-3-7-17(11-14)31(26,27)22-13-16-6-4-10-29-16/h3,5,7-9,11-12,16,22H,2,4,6,10,13H2,1H3,(H,23,24,25)/t16-/m0/s1. The molecule has 1 fully saturated rings. The molecule has 0 spiro atoms. The van der Waals surface area contributed by atoms with Crippen LogP contribution in [0.5, 0.6) is 5.75 Å². The fourth-order valence-electron chi connectivity index (χ4n) is 3.28. The molecule has 31 heavy (non-hydrogen) atoms. The summed E-state index contributed by atoms with van der Waals surface area (Å²) in [5.74, 6) is 0.310. The third-order valence-corrected chi connectivity index (χ3v) is 7.18. The van der Waals surface area contributed by atoms with Crippen molar-refractivity contribution in [2.24, 2.45) is 0 Å². The molecule has 1 amide bonds. The van der Waals surface area contributed by atoms with E-state index in [1.807, 2.05) is 25.1 Å². The van der Waals surface area contributed by atoms with Crippen molar-refractivity contribution in [2.45, 2.75) is 30.8 Å². The summed E-state index contributed by atoms with van der Waals surface area (Å²) in [5, 5.41) is 3.18. The zero-order valence-corrected chi connectivity index (χ0v) is 18.6. The summed E-state index contributed by atoms with van der Waals surface area (Å²) in [4.78, 5) is 17.1. The molecule has 10 heteroatoms. The molecule has 1 saturated heterocycles. The Kier molecular flexibility index (Phi) is 6.51. The molecule has 2 aromatic carbocycles. The lowest BCUT2D eigenvalue weighted by Crippen LogP contribution is -2.32. The molecule has 1 aliphatic rings. The highest BCUT2D eigenvalue weighted by molar-refractivity contribution is 7.89. The van der Waals surface area contributed by atoms with Crippen molar-refractivity contribution in [2.75, 3.05) is 25.1 Å². The molecule has 0 bridgehead atoms.